The molecular formula is C16H31N3O. The third-order valence-electron chi connectivity index (χ3n) is 4.72. The van der Waals surface area contributed by atoms with Crippen LogP contribution in [0.4, 0.5) is 0 Å². The Bertz CT molecular complexity index is 294. The van der Waals surface area contributed by atoms with Crippen LogP contribution in [0.15, 0.2) is 0 Å². The van der Waals surface area contributed by atoms with Crippen molar-refractivity contribution < 1.29 is 4.79 Å². The number of hydrogen-bond donors (Lipinski definition) is 1. The van der Waals surface area contributed by atoms with Crippen LogP contribution in [0, 0.1) is 5.92 Å². The molecule has 0 aliphatic carbocycles. The SMILES string of the molecule is CCNC(C)CC(=O)N1CCC(CN2CCCC2)CC1. The van der Waals surface area contributed by atoms with Crippen LogP contribution in [0.5, 0.6) is 0 Å². The molecule has 1 unspecified atom stereocenters. The highest BCUT2D eigenvalue weighted by Crippen LogP contribution is 2.21. The highest BCUT2D eigenvalue weighted by Gasteiger charge is 2.25. The molecule has 1 N–H and O–H groups in total. The molecular weight excluding hydrogens is 250 g/mol. The van der Waals surface area contributed by atoms with Crippen molar-refractivity contribution in [3.05, 3.63) is 0 Å². The number of nitrogens with one attached hydrogen (secondary N) is 1. The first-order valence-corrected chi connectivity index (χ1v) is 8.42. The van der Waals surface area contributed by atoms with Gasteiger partial charge in [0.2, 0.25) is 5.91 Å². The topological polar surface area (TPSA) is 35.6 Å². The summed E-state index contributed by atoms with van der Waals surface area (Å²) in [5.41, 5.74) is 0. The lowest BCUT2D eigenvalue weighted by molar-refractivity contribution is -0.133. The van der Waals surface area contributed by atoms with Crippen LogP contribution in [0.1, 0.15) is 46.0 Å². The molecule has 2 heterocycles. The second kappa shape index (κ2) is 7.99. The molecule has 4 heteroatoms. The Labute approximate surface area is 123 Å². The van der Waals surface area contributed by atoms with Crippen molar-refractivity contribution in [3.8, 4) is 0 Å². The van der Waals surface area contributed by atoms with Crippen LogP contribution in [-0.4, -0.2) is 61.0 Å². The molecule has 2 aliphatic rings. The summed E-state index contributed by atoms with van der Waals surface area (Å²) in [5.74, 6) is 1.14. The number of likely N-dealkylation sites (tertiary alicyclic amines) is 2. The Morgan fingerprint density at radius 2 is 1.85 bits per heavy atom. The number of piperidine rings is 1. The molecule has 2 fully saturated rings. The minimum Gasteiger partial charge on any atom is -0.343 e. The van der Waals surface area contributed by atoms with Crippen molar-refractivity contribution in [2.75, 3.05) is 39.3 Å². The number of nitrogens with zero attached hydrogens (tertiary/aromatic N) is 2. The van der Waals surface area contributed by atoms with Crippen molar-refractivity contribution >= 4 is 5.91 Å². The van der Waals surface area contributed by atoms with Gasteiger partial charge in [0.15, 0.2) is 0 Å². The molecule has 1 atom stereocenters. The highest BCUT2D eigenvalue weighted by molar-refractivity contribution is 5.76. The fraction of sp³-hybridized carbons (Fsp3) is 0.938. The standard InChI is InChI=1S/C16H31N3O/c1-3-17-14(2)12-16(20)19-10-6-15(7-11-19)13-18-8-4-5-9-18/h14-15,17H,3-13H2,1-2H3. The van der Waals surface area contributed by atoms with Crippen LogP contribution in [0.25, 0.3) is 0 Å². The van der Waals surface area contributed by atoms with Crippen LogP contribution < -0.4 is 5.32 Å². The fourth-order valence-electron chi connectivity index (χ4n) is 3.51. The highest BCUT2D eigenvalue weighted by atomic mass is 16.2. The number of amides is 1. The van der Waals surface area contributed by atoms with Gasteiger partial charge in [0.1, 0.15) is 0 Å². The molecule has 4 nitrogen and oxygen atoms in total. The molecule has 2 saturated heterocycles. The van der Waals surface area contributed by atoms with Gasteiger partial charge in [0.05, 0.1) is 0 Å². The molecule has 0 saturated carbocycles. The normalized spacial score (nSPS) is 23.2. The van der Waals surface area contributed by atoms with Crippen LogP contribution in [0.3, 0.4) is 0 Å². The summed E-state index contributed by atoms with van der Waals surface area (Å²) in [6.07, 6.45) is 5.78. The van der Waals surface area contributed by atoms with Gasteiger partial charge in [-0.15, -0.1) is 0 Å². The summed E-state index contributed by atoms with van der Waals surface area (Å²) in [6, 6.07) is 0.301. The van der Waals surface area contributed by atoms with E-state index < -0.39 is 0 Å². The third kappa shape index (κ3) is 4.74. The molecule has 0 aromatic rings. The number of carbonyl (C=O) groups is 1. The molecule has 0 aromatic carbocycles. The summed E-state index contributed by atoms with van der Waals surface area (Å²) < 4.78 is 0. The van der Waals surface area contributed by atoms with E-state index in [9.17, 15) is 4.79 Å². The molecule has 0 aromatic heterocycles. The van der Waals surface area contributed by atoms with Crippen molar-refractivity contribution in [2.24, 2.45) is 5.92 Å². The summed E-state index contributed by atoms with van der Waals surface area (Å²) in [6.45, 7) is 10.9. The molecule has 2 aliphatic heterocycles. The number of carbonyl (C=O) groups excluding carboxylic acids is 1. The first-order chi connectivity index (χ1) is 9.69. The van der Waals surface area contributed by atoms with E-state index in [1.54, 1.807) is 0 Å². The van der Waals surface area contributed by atoms with Gasteiger partial charge in [-0.25, -0.2) is 0 Å². The van der Waals surface area contributed by atoms with Gasteiger partial charge < -0.3 is 15.1 Å². The zero-order valence-corrected chi connectivity index (χ0v) is 13.2. The molecule has 0 radical (unpaired) electrons. The van der Waals surface area contributed by atoms with Gasteiger partial charge in [-0.1, -0.05) is 6.92 Å². The van der Waals surface area contributed by atoms with E-state index in [1.165, 1.54) is 45.3 Å². The number of hydrogen-bond acceptors (Lipinski definition) is 3. The van der Waals surface area contributed by atoms with Gasteiger partial charge in [-0.05, 0) is 58.2 Å². The zero-order valence-electron chi connectivity index (χ0n) is 13.2. The van der Waals surface area contributed by atoms with E-state index in [-0.39, 0.29) is 0 Å². The Morgan fingerprint density at radius 1 is 1.20 bits per heavy atom. The summed E-state index contributed by atoms with van der Waals surface area (Å²) in [7, 11) is 0. The van der Waals surface area contributed by atoms with Crippen LogP contribution in [-0.2, 0) is 4.79 Å². The maximum atomic E-state index is 12.2. The van der Waals surface area contributed by atoms with Crippen LogP contribution >= 0.6 is 0 Å². The van der Waals surface area contributed by atoms with Crippen molar-refractivity contribution in [3.63, 3.8) is 0 Å². The van der Waals surface area contributed by atoms with E-state index in [0.29, 0.717) is 18.4 Å². The predicted octanol–water partition coefficient (Wildman–Crippen LogP) is 1.71. The Kier molecular flexibility index (Phi) is 6.30. The molecule has 20 heavy (non-hydrogen) atoms. The van der Waals surface area contributed by atoms with Gasteiger partial charge in [-0.2, -0.15) is 0 Å². The quantitative estimate of drug-likeness (QED) is 0.805. The maximum absolute atomic E-state index is 12.2. The molecule has 116 valence electrons. The van der Waals surface area contributed by atoms with Crippen molar-refractivity contribution in [2.45, 2.75) is 52.0 Å². The molecule has 0 spiro atoms. The molecule has 2 rings (SSSR count). The average Bonchev–Trinajstić information content (AvgIpc) is 2.92. The Hall–Kier alpha value is -0.610. The van der Waals surface area contributed by atoms with Gasteiger partial charge in [0.25, 0.3) is 0 Å². The van der Waals surface area contributed by atoms with E-state index in [4.69, 9.17) is 0 Å². The largest absolute Gasteiger partial charge is 0.343 e. The smallest absolute Gasteiger partial charge is 0.224 e. The van der Waals surface area contributed by atoms with Crippen molar-refractivity contribution in [1.29, 1.82) is 0 Å². The second-order valence-electron chi connectivity index (χ2n) is 6.49. The zero-order chi connectivity index (χ0) is 14.4. The first kappa shape index (κ1) is 15.8. The third-order valence-corrected chi connectivity index (χ3v) is 4.72. The lowest BCUT2D eigenvalue weighted by Crippen LogP contribution is -2.43. The Balaban J connectivity index is 1.66. The van der Waals surface area contributed by atoms with E-state index in [1.807, 2.05) is 0 Å². The predicted molar refractivity (Wildman–Crippen MR) is 82.7 cm³/mol. The monoisotopic (exact) mass is 281 g/mol. The fourth-order valence-corrected chi connectivity index (χ4v) is 3.51. The molecule has 1 amide bonds. The summed E-state index contributed by atoms with van der Waals surface area (Å²) in [5, 5.41) is 3.32. The van der Waals surface area contributed by atoms with E-state index >= 15 is 0 Å². The average molecular weight is 281 g/mol. The van der Waals surface area contributed by atoms with Crippen molar-refractivity contribution in [1.82, 2.24) is 15.1 Å². The lowest BCUT2D eigenvalue weighted by atomic mass is 9.96. The minimum atomic E-state index is 0.301. The number of rotatable bonds is 6. The van der Waals surface area contributed by atoms with E-state index in [2.05, 4.69) is 29.0 Å². The van der Waals surface area contributed by atoms with Gasteiger partial charge >= 0.3 is 0 Å². The maximum Gasteiger partial charge on any atom is 0.224 e. The van der Waals surface area contributed by atoms with E-state index in [0.717, 1.165) is 25.6 Å². The van der Waals surface area contributed by atoms with Gasteiger partial charge in [-0.3, -0.25) is 4.79 Å². The summed E-state index contributed by atoms with van der Waals surface area (Å²) in [4.78, 5) is 16.9. The first-order valence-electron chi connectivity index (χ1n) is 8.42. The van der Waals surface area contributed by atoms with Gasteiger partial charge in [0, 0.05) is 32.1 Å². The Morgan fingerprint density at radius 3 is 2.45 bits per heavy atom. The second-order valence-corrected chi connectivity index (χ2v) is 6.49. The summed E-state index contributed by atoms with van der Waals surface area (Å²) >= 11 is 0. The van der Waals surface area contributed by atoms with Crippen LogP contribution in [0.2, 0.25) is 0 Å². The lowest BCUT2D eigenvalue weighted by Gasteiger charge is -2.34. The molecule has 0 bridgehead atoms. The minimum absolute atomic E-state index is 0.301.